The third-order valence-electron chi connectivity index (χ3n) is 6.49. The lowest BCUT2D eigenvalue weighted by Crippen LogP contribution is -2.53. The second-order valence-electron chi connectivity index (χ2n) is 9.28. The fraction of sp³-hybridized carbons (Fsp3) is 0.310. The first-order valence-electron chi connectivity index (χ1n) is 12.2. The van der Waals surface area contributed by atoms with E-state index in [9.17, 15) is 18.0 Å². The van der Waals surface area contributed by atoms with Crippen LogP contribution < -0.4 is 9.62 Å². The third-order valence-corrected chi connectivity index (χ3v) is 7.60. The minimum atomic E-state index is -3.80. The first-order chi connectivity index (χ1) is 17.5. The summed E-state index contributed by atoms with van der Waals surface area (Å²) in [6.45, 7) is 5.33. The summed E-state index contributed by atoms with van der Waals surface area (Å²) in [6.07, 6.45) is 1.39. The van der Waals surface area contributed by atoms with Gasteiger partial charge in [0.2, 0.25) is 21.8 Å². The van der Waals surface area contributed by atoms with E-state index in [1.165, 1.54) is 11.9 Å². The number of carbonyl (C=O) groups is 2. The molecule has 0 aliphatic rings. The number of amides is 2. The lowest BCUT2D eigenvalue weighted by Gasteiger charge is -2.34. The predicted octanol–water partition coefficient (Wildman–Crippen LogP) is 3.76. The maximum Gasteiger partial charge on any atom is 0.244 e. The number of para-hydroxylation sites is 1. The van der Waals surface area contributed by atoms with Crippen molar-refractivity contribution < 1.29 is 18.0 Å². The number of carbonyl (C=O) groups excluding carboxylic acids is 2. The topological polar surface area (TPSA) is 86.8 Å². The summed E-state index contributed by atoms with van der Waals surface area (Å²) < 4.78 is 27.0. The summed E-state index contributed by atoms with van der Waals surface area (Å²) in [7, 11) is -2.26. The number of sulfonamides is 1. The molecule has 0 bridgehead atoms. The van der Waals surface area contributed by atoms with Crippen molar-refractivity contribution in [3.63, 3.8) is 0 Å². The Morgan fingerprint density at radius 1 is 0.838 bits per heavy atom. The Hall–Kier alpha value is -3.65. The molecule has 0 fully saturated rings. The molecule has 7 nitrogen and oxygen atoms in total. The highest BCUT2D eigenvalue weighted by Crippen LogP contribution is 2.27. The van der Waals surface area contributed by atoms with Gasteiger partial charge in [0.05, 0.1) is 11.9 Å². The Morgan fingerprint density at radius 3 is 1.97 bits per heavy atom. The summed E-state index contributed by atoms with van der Waals surface area (Å²) in [6, 6.07) is 21.8. The van der Waals surface area contributed by atoms with E-state index in [0.29, 0.717) is 12.1 Å². The number of rotatable bonds is 10. The van der Waals surface area contributed by atoms with Gasteiger partial charge in [0, 0.05) is 20.0 Å². The van der Waals surface area contributed by atoms with Crippen LogP contribution in [0, 0.1) is 20.8 Å². The van der Waals surface area contributed by atoms with Crippen molar-refractivity contribution in [1.82, 2.24) is 10.2 Å². The van der Waals surface area contributed by atoms with E-state index < -0.39 is 28.5 Å². The van der Waals surface area contributed by atoms with Crippen molar-refractivity contribution in [1.29, 1.82) is 0 Å². The monoisotopic (exact) mass is 521 g/mol. The summed E-state index contributed by atoms with van der Waals surface area (Å²) in [5.74, 6) is -0.773. The Balaban J connectivity index is 2.08. The van der Waals surface area contributed by atoms with Gasteiger partial charge in [-0.2, -0.15) is 0 Å². The van der Waals surface area contributed by atoms with E-state index in [0.717, 1.165) is 38.4 Å². The van der Waals surface area contributed by atoms with Crippen LogP contribution in [-0.4, -0.2) is 51.0 Å². The molecular formula is C29H35N3O4S. The zero-order valence-corrected chi connectivity index (χ0v) is 22.9. The first-order valence-corrected chi connectivity index (χ1v) is 14.0. The third kappa shape index (κ3) is 6.98. The average Bonchev–Trinajstić information content (AvgIpc) is 2.86. The summed E-state index contributed by atoms with van der Waals surface area (Å²) in [4.78, 5) is 28.7. The van der Waals surface area contributed by atoms with Gasteiger partial charge in [-0.3, -0.25) is 13.9 Å². The van der Waals surface area contributed by atoms with Crippen LogP contribution in [0.4, 0.5) is 5.69 Å². The zero-order chi connectivity index (χ0) is 27.2. The quantitative estimate of drug-likeness (QED) is 0.440. The number of aryl methyl sites for hydroxylation is 3. The van der Waals surface area contributed by atoms with Crippen LogP contribution in [-0.2, 0) is 32.6 Å². The molecule has 0 aliphatic heterocycles. The largest absolute Gasteiger partial charge is 0.357 e. The number of nitrogens with one attached hydrogen (secondary N) is 1. The molecule has 196 valence electrons. The minimum Gasteiger partial charge on any atom is -0.357 e. The van der Waals surface area contributed by atoms with E-state index in [1.54, 1.807) is 0 Å². The van der Waals surface area contributed by atoms with Gasteiger partial charge in [0.25, 0.3) is 0 Å². The summed E-state index contributed by atoms with van der Waals surface area (Å²) in [5.41, 5.74) is 4.73. The lowest BCUT2D eigenvalue weighted by molar-refractivity contribution is -0.139. The molecule has 0 saturated heterocycles. The second kappa shape index (κ2) is 12.1. The van der Waals surface area contributed by atoms with Crippen LogP contribution in [0.1, 0.15) is 27.8 Å². The Kier molecular flexibility index (Phi) is 9.10. The molecule has 0 aliphatic carbocycles. The second-order valence-corrected chi connectivity index (χ2v) is 11.2. The van der Waals surface area contributed by atoms with Crippen LogP contribution in [0.5, 0.6) is 0 Å². The fourth-order valence-corrected chi connectivity index (χ4v) is 5.43. The number of benzene rings is 3. The van der Waals surface area contributed by atoms with Gasteiger partial charge in [-0.25, -0.2) is 8.42 Å². The Labute approximate surface area is 220 Å². The smallest absolute Gasteiger partial charge is 0.244 e. The Morgan fingerprint density at radius 2 is 1.41 bits per heavy atom. The van der Waals surface area contributed by atoms with Crippen molar-refractivity contribution in [3.05, 3.63) is 101 Å². The molecule has 3 rings (SSSR count). The first kappa shape index (κ1) is 27.9. The molecule has 0 unspecified atom stereocenters. The highest BCUT2D eigenvalue weighted by molar-refractivity contribution is 7.92. The molecule has 0 aromatic heterocycles. The average molecular weight is 522 g/mol. The molecule has 3 aromatic rings. The van der Waals surface area contributed by atoms with E-state index in [1.807, 2.05) is 93.6 Å². The SMILES string of the molecule is CNC(=O)[C@@H](Cc1ccccc1)N(Cc1ccccc1C)C(=O)CN(c1c(C)cccc1C)S(C)(=O)=O. The molecule has 37 heavy (non-hydrogen) atoms. The van der Waals surface area contributed by atoms with Crippen molar-refractivity contribution in [2.75, 3.05) is 24.2 Å². The molecule has 2 amide bonds. The lowest BCUT2D eigenvalue weighted by atomic mass is 10.0. The predicted molar refractivity (Wildman–Crippen MR) is 148 cm³/mol. The van der Waals surface area contributed by atoms with Gasteiger partial charge in [-0.05, 0) is 48.6 Å². The number of hydrogen-bond acceptors (Lipinski definition) is 4. The van der Waals surface area contributed by atoms with Crippen molar-refractivity contribution >= 4 is 27.5 Å². The molecular weight excluding hydrogens is 486 g/mol. The number of anilines is 1. The minimum absolute atomic E-state index is 0.167. The zero-order valence-electron chi connectivity index (χ0n) is 22.1. The molecule has 1 N–H and O–H groups in total. The maximum atomic E-state index is 14.0. The van der Waals surface area contributed by atoms with Gasteiger partial charge in [0.15, 0.2) is 0 Å². The number of hydrogen-bond donors (Lipinski definition) is 1. The highest BCUT2D eigenvalue weighted by atomic mass is 32.2. The van der Waals surface area contributed by atoms with Crippen molar-refractivity contribution in [3.8, 4) is 0 Å². The van der Waals surface area contributed by atoms with Crippen molar-refractivity contribution in [2.24, 2.45) is 0 Å². The molecule has 0 radical (unpaired) electrons. The summed E-state index contributed by atoms with van der Waals surface area (Å²) in [5, 5.41) is 2.69. The van der Waals surface area contributed by atoms with Crippen LogP contribution in [0.2, 0.25) is 0 Å². The van der Waals surface area contributed by atoms with Crippen LogP contribution >= 0.6 is 0 Å². The molecule has 8 heteroatoms. The van der Waals surface area contributed by atoms with E-state index in [4.69, 9.17) is 0 Å². The standard InChI is InChI=1S/C29H35N3O4S/c1-21-12-9-10-17-25(21)19-31(26(29(34)30-4)18-24-15-7-6-8-16-24)27(33)20-32(37(5,35)36)28-22(2)13-11-14-23(28)3/h6-17,26H,18-20H2,1-5H3,(H,30,34)/t26-/m1/s1. The van der Waals surface area contributed by atoms with Gasteiger partial charge in [0.1, 0.15) is 12.6 Å². The molecule has 0 saturated carbocycles. The normalized spacial score (nSPS) is 12.0. The fourth-order valence-electron chi connectivity index (χ4n) is 4.47. The number of nitrogens with zero attached hydrogens (tertiary/aromatic N) is 2. The summed E-state index contributed by atoms with van der Waals surface area (Å²) >= 11 is 0. The highest BCUT2D eigenvalue weighted by Gasteiger charge is 2.33. The van der Waals surface area contributed by atoms with E-state index >= 15 is 0 Å². The van der Waals surface area contributed by atoms with E-state index in [2.05, 4.69) is 5.32 Å². The maximum absolute atomic E-state index is 14.0. The van der Waals surface area contributed by atoms with Gasteiger partial charge < -0.3 is 10.2 Å². The molecule has 3 aromatic carbocycles. The number of likely N-dealkylation sites (N-methyl/N-ethyl adjacent to an activating group) is 1. The van der Waals surface area contributed by atoms with Crippen LogP contribution in [0.3, 0.4) is 0 Å². The van der Waals surface area contributed by atoms with Crippen LogP contribution in [0.25, 0.3) is 0 Å². The van der Waals surface area contributed by atoms with Gasteiger partial charge >= 0.3 is 0 Å². The van der Waals surface area contributed by atoms with Gasteiger partial charge in [-0.15, -0.1) is 0 Å². The molecule has 1 atom stereocenters. The Bertz CT molecular complexity index is 1340. The molecule has 0 spiro atoms. The van der Waals surface area contributed by atoms with E-state index in [-0.39, 0.29) is 12.5 Å². The molecule has 0 heterocycles. The van der Waals surface area contributed by atoms with Crippen LogP contribution in [0.15, 0.2) is 72.8 Å². The van der Waals surface area contributed by atoms with Gasteiger partial charge in [-0.1, -0.05) is 72.8 Å². The van der Waals surface area contributed by atoms with Crippen molar-refractivity contribution in [2.45, 2.75) is 39.8 Å².